The number of nitrogens with two attached hydrogens (primary N) is 1. The number of anilines is 3. The van der Waals surface area contributed by atoms with E-state index in [9.17, 15) is 12.8 Å². The van der Waals surface area contributed by atoms with Gasteiger partial charge >= 0.3 is 0 Å². The number of hydrogen-bond acceptors (Lipinski definition) is 4. The zero-order chi connectivity index (χ0) is 15.6. The van der Waals surface area contributed by atoms with Crippen molar-refractivity contribution in [3.05, 3.63) is 46.7 Å². The monoisotopic (exact) mass is 373 g/mol. The van der Waals surface area contributed by atoms with Gasteiger partial charge in [0.25, 0.3) is 0 Å². The molecule has 0 spiro atoms. The summed E-state index contributed by atoms with van der Waals surface area (Å²) in [5.41, 5.74) is 6.68. The zero-order valence-corrected chi connectivity index (χ0v) is 13.4. The standard InChI is InChI=1S/C13H13BrFN3O2S/c1-17-21(19,20)13-6-8(16)2-5-12(13)18-9-3-4-10(14)11(15)7-9/h2-7,17-18H,16H2,1H3. The molecule has 0 amide bonds. The number of halogens is 2. The van der Waals surface area contributed by atoms with E-state index in [0.29, 0.717) is 21.5 Å². The third-order valence-corrected chi connectivity index (χ3v) is 4.86. The highest BCUT2D eigenvalue weighted by Gasteiger charge is 2.17. The van der Waals surface area contributed by atoms with Gasteiger partial charge in [-0.1, -0.05) is 0 Å². The van der Waals surface area contributed by atoms with Crippen LogP contribution < -0.4 is 15.8 Å². The maximum Gasteiger partial charge on any atom is 0.242 e. The van der Waals surface area contributed by atoms with E-state index in [1.807, 2.05) is 0 Å². The molecule has 0 fully saturated rings. The Balaban J connectivity index is 2.47. The van der Waals surface area contributed by atoms with Gasteiger partial charge in [0.1, 0.15) is 10.7 Å². The van der Waals surface area contributed by atoms with Gasteiger partial charge in [-0.15, -0.1) is 0 Å². The van der Waals surface area contributed by atoms with Gasteiger partial charge in [-0.25, -0.2) is 17.5 Å². The molecule has 0 saturated heterocycles. The Morgan fingerprint density at radius 2 is 1.90 bits per heavy atom. The highest BCUT2D eigenvalue weighted by molar-refractivity contribution is 9.10. The molecule has 21 heavy (non-hydrogen) atoms. The lowest BCUT2D eigenvalue weighted by molar-refractivity contribution is 0.588. The summed E-state index contributed by atoms with van der Waals surface area (Å²) in [6.45, 7) is 0. The number of nitrogens with one attached hydrogen (secondary N) is 2. The predicted molar refractivity (Wildman–Crippen MR) is 84.5 cm³/mol. The van der Waals surface area contributed by atoms with Crippen LogP contribution in [0.3, 0.4) is 0 Å². The van der Waals surface area contributed by atoms with Crippen LogP contribution in [0.25, 0.3) is 0 Å². The molecule has 0 radical (unpaired) electrons. The second-order valence-corrected chi connectivity index (χ2v) is 6.93. The van der Waals surface area contributed by atoms with Gasteiger partial charge < -0.3 is 11.1 Å². The van der Waals surface area contributed by atoms with Crippen molar-refractivity contribution < 1.29 is 12.8 Å². The normalized spacial score (nSPS) is 11.4. The van der Waals surface area contributed by atoms with Crippen LogP contribution in [0.15, 0.2) is 45.8 Å². The lowest BCUT2D eigenvalue weighted by Crippen LogP contribution is -2.20. The number of nitrogen functional groups attached to an aromatic ring is 1. The number of benzene rings is 2. The van der Waals surface area contributed by atoms with Crippen molar-refractivity contribution in [2.75, 3.05) is 18.1 Å². The van der Waals surface area contributed by atoms with Crippen LogP contribution in [0.2, 0.25) is 0 Å². The Morgan fingerprint density at radius 1 is 1.19 bits per heavy atom. The second kappa shape index (κ2) is 6.00. The average Bonchev–Trinajstić information content (AvgIpc) is 2.44. The Labute approximate surface area is 130 Å². The van der Waals surface area contributed by atoms with Gasteiger partial charge in [-0.2, -0.15) is 0 Å². The summed E-state index contributed by atoms with van der Waals surface area (Å²) in [4.78, 5) is -0.00618. The third-order valence-electron chi connectivity index (χ3n) is 2.76. The molecule has 112 valence electrons. The number of sulfonamides is 1. The van der Waals surface area contributed by atoms with E-state index in [1.54, 1.807) is 12.1 Å². The van der Waals surface area contributed by atoms with Crippen molar-refractivity contribution in [3.8, 4) is 0 Å². The summed E-state index contributed by atoms with van der Waals surface area (Å²) in [7, 11) is -2.38. The molecular formula is C13H13BrFN3O2S. The van der Waals surface area contributed by atoms with Gasteiger partial charge in [0.15, 0.2) is 0 Å². The van der Waals surface area contributed by atoms with Crippen LogP contribution >= 0.6 is 15.9 Å². The van der Waals surface area contributed by atoms with E-state index in [2.05, 4.69) is 26.0 Å². The van der Waals surface area contributed by atoms with Gasteiger partial charge in [0.05, 0.1) is 10.2 Å². The molecule has 2 aromatic rings. The minimum atomic E-state index is -3.69. The molecule has 0 bridgehead atoms. The molecule has 8 heteroatoms. The maximum atomic E-state index is 13.5. The first-order chi connectivity index (χ1) is 9.83. The van der Waals surface area contributed by atoms with E-state index in [-0.39, 0.29) is 4.90 Å². The fourth-order valence-corrected chi connectivity index (χ4v) is 2.87. The van der Waals surface area contributed by atoms with Gasteiger partial charge in [0, 0.05) is 11.4 Å². The first-order valence-electron chi connectivity index (χ1n) is 5.88. The van der Waals surface area contributed by atoms with E-state index in [1.165, 1.54) is 31.3 Å². The van der Waals surface area contributed by atoms with Crippen molar-refractivity contribution in [3.63, 3.8) is 0 Å². The molecule has 0 aliphatic carbocycles. The van der Waals surface area contributed by atoms with Crippen LogP contribution in [-0.2, 0) is 10.0 Å². The van der Waals surface area contributed by atoms with E-state index in [4.69, 9.17) is 5.73 Å². The number of hydrogen-bond donors (Lipinski definition) is 3. The quantitative estimate of drug-likeness (QED) is 0.719. The summed E-state index contributed by atoms with van der Waals surface area (Å²) in [5, 5.41) is 2.87. The molecule has 4 N–H and O–H groups in total. The molecule has 0 aliphatic heterocycles. The highest BCUT2D eigenvalue weighted by atomic mass is 79.9. The summed E-state index contributed by atoms with van der Waals surface area (Å²) in [6.07, 6.45) is 0. The predicted octanol–water partition coefficient (Wildman–Crippen LogP) is 2.82. The van der Waals surface area contributed by atoms with Crippen molar-refractivity contribution in [1.29, 1.82) is 0 Å². The second-order valence-electron chi connectivity index (χ2n) is 4.22. The Morgan fingerprint density at radius 3 is 2.52 bits per heavy atom. The van der Waals surface area contributed by atoms with Crippen LogP contribution in [-0.4, -0.2) is 15.5 Å². The molecular weight excluding hydrogens is 361 g/mol. The first-order valence-corrected chi connectivity index (χ1v) is 8.16. The molecule has 5 nitrogen and oxygen atoms in total. The summed E-state index contributed by atoms with van der Waals surface area (Å²) >= 11 is 3.06. The van der Waals surface area contributed by atoms with E-state index >= 15 is 0 Å². The van der Waals surface area contributed by atoms with Crippen molar-refractivity contribution in [2.45, 2.75) is 4.90 Å². The number of rotatable bonds is 4. The molecule has 0 heterocycles. The molecule has 0 saturated carbocycles. The fourth-order valence-electron chi connectivity index (χ4n) is 1.70. The van der Waals surface area contributed by atoms with Gasteiger partial charge in [0.2, 0.25) is 10.0 Å². The summed E-state index contributed by atoms with van der Waals surface area (Å²) in [5.74, 6) is -0.450. The average molecular weight is 374 g/mol. The van der Waals surface area contributed by atoms with Gasteiger partial charge in [-0.05, 0) is 59.4 Å². The fraction of sp³-hybridized carbons (Fsp3) is 0.0769. The van der Waals surface area contributed by atoms with Crippen molar-refractivity contribution >= 4 is 43.0 Å². The van der Waals surface area contributed by atoms with Crippen molar-refractivity contribution in [2.24, 2.45) is 0 Å². The van der Waals surface area contributed by atoms with Crippen LogP contribution in [0.4, 0.5) is 21.5 Å². The van der Waals surface area contributed by atoms with Crippen LogP contribution in [0.1, 0.15) is 0 Å². The topological polar surface area (TPSA) is 84.2 Å². The SMILES string of the molecule is CNS(=O)(=O)c1cc(N)ccc1Nc1ccc(Br)c(F)c1. The molecule has 0 aliphatic rings. The lowest BCUT2D eigenvalue weighted by Gasteiger charge is -2.13. The minimum Gasteiger partial charge on any atom is -0.399 e. The Kier molecular flexibility index (Phi) is 4.50. The molecule has 0 atom stereocenters. The van der Waals surface area contributed by atoms with Crippen LogP contribution in [0.5, 0.6) is 0 Å². The van der Waals surface area contributed by atoms with E-state index < -0.39 is 15.8 Å². The Hall–Kier alpha value is -1.64. The zero-order valence-electron chi connectivity index (χ0n) is 11.0. The van der Waals surface area contributed by atoms with E-state index in [0.717, 1.165) is 0 Å². The molecule has 0 unspecified atom stereocenters. The van der Waals surface area contributed by atoms with Crippen molar-refractivity contribution in [1.82, 2.24) is 4.72 Å². The molecule has 2 rings (SSSR count). The van der Waals surface area contributed by atoms with Gasteiger partial charge in [-0.3, -0.25) is 0 Å². The smallest absolute Gasteiger partial charge is 0.242 e. The minimum absolute atomic E-state index is 0.00618. The Bertz CT molecular complexity index is 781. The maximum absolute atomic E-state index is 13.5. The molecule has 2 aromatic carbocycles. The summed E-state index contributed by atoms with van der Waals surface area (Å²) < 4.78 is 40.1. The lowest BCUT2D eigenvalue weighted by atomic mass is 10.2. The van der Waals surface area contributed by atoms with Crippen LogP contribution in [0, 0.1) is 5.82 Å². The first kappa shape index (κ1) is 15.7. The highest BCUT2D eigenvalue weighted by Crippen LogP contribution is 2.28. The summed E-state index contributed by atoms with van der Waals surface area (Å²) in [6, 6.07) is 8.84. The largest absolute Gasteiger partial charge is 0.399 e. The molecule has 0 aromatic heterocycles. The third kappa shape index (κ3) is 3.52.